The van der Waals surface area contributed by atoms with E-state index < -0.39 is 5.97 Å². The summed E-state index contributed by atoms with van der Waals surface area (Å²) in [5.74, 6) is -1.14. The highest BCUT2D eigenvalue weighted by molar-refractivity contribution is 8.17. The van der Waals surface area contributed by atoms with Gasteiger partial charge in [-0.2, -0.15) is 0 Å². The molecule has 2 aromatic rings. The Hall–Kier alpha value is -1.70. The minimum absolute atomic E-state index is 0.00182. The highest BCUT2D eigenvalue weighted by Crippen LogP contribution is 2.46. The minimum atomic E-state index is -1.04. The van der Waals surface area contributed by atoms with Crippen LogP contribution >= 0.6 is 34.9 Å². The lowest BCUT2D eigenvalue weighted by Gasteiger charge is -2.44. The first-order chi connectivity index (χ1) is 11.6. The molecule has 7 heteroatoms. The van der Waals surface area contributed by atoms with Gasteiger partial charge in [0.15, 0.2) is 0 Å². The smallest absolute Gasteiger partial charge is 0.352 e. The molecule has 0 radical (unpaired) electrons. The van der Waals surface area contributed by atoms with E-state index in [1.54, 1.807) is 40.9 Å². The number of carboxylic acid groups (broad SMARTS) is 1. The summed E-state index contributed by atoms with van der Waals surface area (Å²) in [4.78, 5) is 26.7. The van der Waals surface area contributed by atoms with Crippen molar-refractivity contribution in [1.29, 1.82) is 0 Å². The number of thioether (sulfide) groups is 2. The molecule has 1 amide bonds. The topological polar surface area (TPSA) is 57.6 Å². The molecule has 122 valence electrons. The summed E-state index contributed by atoms with van der Waals surface area (Å²) >= 11 is 4.96. The standard InChI is InChI=1S/C17H13NO3S3/c19-14-9-15-18(14)12(17(20)21)8-16(24-15)23-11-5-3-10(4-6-11)13-2-1-7-22-13/h1-8,15-16H,9H2,(H,20,21)/t15-,16?/m1/s1. The largest absolute Gasteiger partial charge is 0.477 e. The molecular formula is C17H13NO3S3. The Morgan fingerprint density at radius 1 is 1.25 bits per heavy atom. The lowest BCUT2D eigenvalue weighted by Crippen LogP contribution is -2.53. The monoisotopic (exact) mass is 375 g/mol. The number of carbonyl (C=O) groups is 2. The van der Waals surface area contributed by atoms with Crippen LogP contribution in [0.25, 0.3) is 10.4 Å². The second-order valence-electron chi connectivity index (χ2n) is 5.40. The van der Waals surface area contributed by atoms with Gasteiger partial charge in [0, 0.05) is 9.77 Å². The summed E-state index contributed by atoms with van der Waals surface area (Å²) in [6.45, 7) is 0. The third-order valence-corrected chi connectivity index (χ3v) is 7.43. The number of carbonyl (C=O) groups excluding carboxylic acids is 1. The zero-order chi connectivity index (χ0) is 16.7. The predicted molar refractivity (Wildman–Crippen MR) is 98.0 cm³/mol. The van der Waals surface area contributed by atoms with Crippen molar-refractivity contribution < 1.29 is 14.7 Å². The average molecular weight is 375 g/mol. The maximum Gasteiger partial charge on any atom is 0.352 e. The quantitative estimate of drug-likeness (QED) is 0.815. The maximum atomic E-state index is 11.6. The average Bonchev–Trinajstić information content (AvgIpc) is 3.08. The van der Waals surface area contributed by atoms with Gasteiger partial charge in [-0.15, -0.1) is 34.9 Å². The number of nitrogens with zero attached hydrogens (tertiary/aromatic N) is 1. The van der Waals surface area contributed by atoms with E-state index in [0.717, 1.165) is 4.90 Å². The fourth-order valence-electron chi connectivity index (χ4n) is 2.70. The van der Waals surface area contributed by atoms with Crippen LogP contribution in [-0.4, -0.2) is 31.8 Å². The van der Waals surface area contributed by atoms with Crippen molar-refractivity contribution >= 4 is 46.7 Å². The molecule has 1 aromatic heterocycles. The van der Waals surface area contributed by atoms with Crippen LogP contribution in [0.4, 0.5) is 0 Å². The lowest BCUT2D eigenvalue weighted by molar-refractivity contribution is -0.146. The van der Waals surface area contributed by atoms with E-state index in [1.165, 1.54) is 15.3 Å². The number of carboxylic acids is 1. The maximum absolute atomic E-state index is 11.6. The van der Waals surface area contributed by atoms with E-state index in [9.17, 15) is 14.7 Å². The highest BCUT2D eigenvalue weighted by Gasteiger charge is 2.45. The Kier molecular flexibility index (Phi) is 4.15. The van der Waals surface area contributed by atoms with Gasteiger partial charge in [0.2, 0.25) is 5.91 Å². The van der Waals surface area contributed by atoms with Gasteiger partial charge >= 0.3 is 5.97 Å². The van der Waals surface area contributed by atoms with Gasteiger partial charge in [0.1, 0.15) is 5.70 Å². The highest BCUT2D eigenvalue weighted by atomic mass is 32.2. The molecule has 4 nitrogen and oxygen atoms in total. The van der Waals surface area contributed by atoms with E-state index >= 15 is 0 Å². The zero-order valence-electron chi connectivity index (χ0n) is 12.4. The van der Waals surface area contributed by atoms with Crippen molar-refractivity contribution in [2.45, 2.75) is 21.3 Å². The molecular weight excluding hydrogens is 362 g/mol. The van der Waals surface area contributed by atoms with Crippen molar-refractivity contribution in [2.24, 2.45) is 0 Å². The number of benzene rings is 1. The molecule has 2 atom stereocenters. The van der Waals surface area contributed by atoms with Crippen LogP contribution in [0.2, 0.25) is 0 Å². The van der Waals surface area contributed by atoms with Gasteiger partial charge in [-0.3, -0.25) is 9.69 Å². The van der Waals surface area contributed by atoms with Crippen molar-refractivity contribution in [3.63, 3.8) is 0 Å². The fourth-order valence-corrected chi connectivity index (χ4v) is 6.24. The molecule has 1 unspecified atom stereocenters. The zero-order valence-corrected chi connectivity index (χ0v) is 14.9. The van der Waals surface area contributed by atoms with Crippen LogP contribution in [0.3, 0.4) is 0 Å². The molecule has 1 N–H and O–H groups in total. The van der Waals surface area contributed by atoms with Crippen molar-refractivity contribution in [3.05, 3.63) is 53.6 Å². The molecule has 1 fully saturated rings. The molecule has 0 bridgehead atoms. The van der Waals surface area contributed by atoms with Gasteiger partial charge in [-0.1, -0.05) is 18.2 Å². The first kappa shape index (κ1) is 15.8. The molecule has 0 saturated carbocycles. The second kappa shape index (κ2) is 6.31. The first-order valence-electron chi connectivity index (χ1n) is 7.35. The Bertz CT molecular complexity index is 814. The normalized spacial score (nSPS) is 22.6. The van der Waals surface area contributed by atoms with Crippen LogP contribution in [0, 0.1) is 0 Å². The van der Waals surface area contributed by atoms with E-state index in [0.29, 0.717) is 6.42 Å². The Labute approximate surface area is 151 Å². The van der Waals surface area contributed by atoms with Gasteiger partial charge < -0.3 is 5.11 Å². The lowest BCUT2D eigenvalue weighted by atomic mass is 10.1. The summed E-state index contributed by atoms with van der Waals surface area (Å²) < 4.78 is -0.00182. The Morgan fingerprint density at radius 3 is 2.67 bits per heavy atom. The van der Waals surface area contributed by atoms with Gasteiger partial charge in [0.05, 0.1) is 16.4 Å². The summed E-state index contributed by atoms with van der Waals surface area (Å²) in [5.41, 5.74) is 1.30. The van der Waals surface area contributed by atoms with E-state index in [4.69, 9.17) is 0 Å². The minimum Gasteiger partial charge on any atom is -0.477 e. The molecule has 2 aliphatic heterocycles. The van der Waals surface area contributed by atoms with Crippen LogP contribution in [0.15, 0.2) is 58.4 Å². The molecule has 1 saturated heterocycles. The second-order valence-corrected chi connectivity index (χ2v) is 9.19. The van der Waals surface area contributed by atoms with Crippen LogP contribution < -0.4 is 0 Å². The van der Waals surface area contributed by atoms with Crippen molar-refractivity contribution in [3.8, 4) is 10.4 Å². The number of fused-ring (bicyclic) bond motifs is 1. The van der Waals surface area contributed by atoms with Gasteiger partial charge in [-0.25, -0.2) is 4.79 Å². The molecule has 1 aromatic carbocycles. The summed E-state index contributed by atoms with van der Waals surface area (Å²) in [6, 6.07) is 12.4. The van der Waals surface area contributed by atoms with Crippen LogP contribution in [-0.2, 0) is 9.59 Å². The molecule has 4 rings (SSSR count). The number of rotatable bonds is 4. The third kappa shape index (κ3) is 2.87. The third-order valence-electron chi connectivity index (χ3n) is 3.88. The van der Waals surface area contributed by atoms with Crippen LogP contribution in [0.1, 0.15) is 6.42 Å². The summed E-state index contributed by atoms with van der Waals surface area (Å²) in [5, 5.41) is 11.3. The van der Waals surface area contributed by atoms with E-state index in [-0.39, 0.29) is 21.6 Å². The SMILES string of the molecule is O=C(O)C1=CC(Sc2ccc(-c3cccs3)cc2)S[C@@H]2CC(=O)N12. The summed E-state index contributed by atoms with van der Waals surface area (Å²) in [7, 11) is 0. The number of hydrogen-bond donors (Lipinski definition) is 1. The number of thiophene rings is 1. The number of β-lactam (4-membered cyclic amide) rings is 1. The first-order valence-corrected chi connectivity index (χ1v) is 10.1. The van der Waals surface area contributed by atoms with Crippen LogP contribution in [0.5, 0.6) is 0 Å². The van der Waals surface area contributed by atoms with E-state index in [2.05, 4.69) is 35.7 Å². The van der Waals surface area contributed by atoms with Gasteiger partial charge in [-0.05, 0) is 35.2 Å². The molecule has 3 heterocycles. The molecule has 24 heavy (non-hydrogen) atoms. The molecule has 0 aliphatic carbocycles. The molecule has 0 spiro atoms. The van der Waals surface area contributed by atoms with Gasteiger partial charge in [0.25, 0.3) is 0 Å². The Balaban J connectivity index is 1.52. The fraction of sp³-hybridized carbons (Fsp3) is 0.176. The van der Waals surface area contributed by atoms with Crippen molar-refractivity contribution in [1.82, 2.24) is 4.90 Å². The molecule has 2 aliphatic rings. The Morgan fingerprint density at radius 2 is 2.04 bits per heavy atom. The number of amides is 1. The number of aliphatic carboxylic acids is 1. The van der Waals surface area contributed by atoms with E-state index in [1.807, 2.05) is 6.07 Å². The number of hydrogen-bond acceptors (Lipinski definition) is 5. The summed E-state index contributed by atoms with van der Waals surface area (Å²) in [6.07, 6.45) is 2.10. The van der Waals surface area contributed by atoms with Crippen molar-refractivity contribution in [2.75, 3.05) is 0 Å². The predicted octanol–water partition coefficient (Wildman–Crippen LogP) is 4.11.